The highest BCUT2D eigenvalue weighted by atomic mass is 19.1. The van der Waals surface area contributed by atoms with Gasteiger partial charge in [-0.15, -0.1) is 0 Å². The first-order valence-electron chi connectivity index (χ1n) is 5.13. The molecule has 0 fully saturated rings. The highest BCUT2D eigenvalue weighted by molar-refractivity contribution is 5.34. The lowest BCUT2D eigenvalue weighted by atomic mass is 10.1. The highest BCUT2D eigenvalue weighted by Gasteiger charge is 2.15. The second-order valence-electron chi connectivity index (χ2n) is 3.71. The number of aliphatic hydroxyl groups is 1. The molecule has 0 bridgehead atoms. The summed E-state index contributed by atoms with van der Waals surface area (Å²) in [5, 5.41) is 14.2. The molecule has 17 heavy (non-hydrogen) atoms. The van der Waals surface area contributed by atoms with Gasteiger partial charge in [0.25, 0.3) is 0 Å². The molecular weight excluding hydrogens is 223 g/mol. The third-order valence-corrected chi connectivity index (χ3v) is 2.51. The van der Waals surface area contributed by atoms with Gasteiger partial charge in [-0.25, -0.2) is 4.39 Å². The van der Waals surface area contributed by atoms with Crippen molar-refractivity contribution in [3.8, 4) is 5.75 Å². The Morgan fingerprint density at radius 2 is 2.18 bits per heavy atom. The van der Waals surface area contributed by atoms with Crippen LogP contribution in [0, 0.1) is 5.82 Å². The first kappa shape index (κ1) is 11.6. The quantitative estimate of drug-likeness (QED) is 0.881. The average Bonchev–Trinajstić information content (AvgIpc) is 2.75. The predicted molar refractivity (Wildman–Crippen MR) is 60.2 cm³/mol. The Labute approximate surface area is 98.3 Å². The summed E-state index contributed by atoms with van der Waals surface area (Å²) in [4.78, 5) is 0. The topological polar surface area (TPSA) is 47.3 Å². The molecule has 0 saturated carbocycles. The van der Waals surface area contributed by atoms with Crippen LogP contribution in [0.2, 0.25) is 0 Å². The van der Waals surface area contributed by atoms with Gasteiger partial charge in [-0.1, -0.05) is 6.07 Å². The van der Waals surface area contributed by atoms with E-state index in [4.69, 9.17) is 4.74 Å². The number of ether oxygens (including phenoxy) is 1. The molecule has 0 spiro atoms. The van der Waals surface area contributed by atoms with Crippen molar-refractivity contribution in [3.63, 3.8) is 0 Å². The molecule has 1 unspecified atom stereocenters. The number of hydrogen-bond acceptors (Lipinski definition) is 3. The van der Waals surface area contributed by atoms with Crippen molar-refractivity contribution < 1.29 is 14.2 Å². The molecule has 1 aromatic carbocycles. The number of aliphatic hydroxyl groups excluding tert-OH is 1. The first-order valence-corrected chi connectivity index (χ1v) is 5.13. The Bertz CT molecular complexity index is 525. The van der Waals surface area contributed by atoms with Crippen LogP contribution in [0.1, 0.15) is 17.4 Å². The number of nitrogens with zero attached hydrogens (tertiary/aromatic N) is 2. The maximum atomic E-state index is 13.2. The minimum absolute atomic E-state index is 0.109. The molecule has 90 valence electrons. The smallest absolute Gasteiger partial charge is 0.165 e. The molecule has 2 rings (SSSR count). The third-order valence-electron chi connectivity index (χ3n) is 2.51. The summed E-state index contributed by atoms with van der Waals surface area (Å²) >= 11 is 0. The van der Waals surface area contributed by atoms with Crippen LogP contribution in [0.5, 0.6) is 5.75 Å². The van der Waals surface area contributed by atoms with Crippen molar-refractivity contribution in [2.24, 2.45) is 7.05 Å². The molecular formula is C12H13FN2O2. The van der Waals surface area contributed by atoms with Crippen molar-refractivity contribution in [1.82, 2.24) is 9.78 Å². The zero-order valence-corrected chi connectivity index (χ0v) is 9.59. The van der Waals surface area contributed by atoms with Gasteiger partial charge in [0.2, 0.25) is 0 Å². The lowest BCUT2D eigenvalue weighted by molar-refractivity contribution is 0.213. The van der Waals surface area contributed by atoms with Crippen LogP contribution >= 0.6 is 0 Å². The summed E-state index contributed by atoms with van der Waals surface area (Å²) in [6.45, 7) is 0. The van der Waals surface area contributed by atoms with Gasteiger partial charge < -0.3 is 9.84 Å². The van der Waals surface area contributed by atoms with Crippen molar-refractivity contribution in [2.45, 2.75) is 6.10 Å². The Hall–Kier alpha value is -1.88. The van der Waals surface area contributed by atoms with Gasteiger partial charge in [-0.05, 0) is 23.8 Å². The fourth-order valence-corrected chi connectivity index (χ4v) is 1.60. The fraction of sp³-hybridized carbons (Fsp3) is 0.250. The van der Waals surface area contributed by atoms with Crippen LogP contribution < -0.4 is 4.74 Å². The van der Waals surface area contributed by atoms with Gasteiger partial charge in [0.15, 0.2) is 11.6 Å². The predicted octanol–water partition coefficient (Wildman–Crippen LogP) is 1.65. The average molecular weight is 236 g/mol. The van der Waals surface area contributed by atoms with E-state index in [1.807, 2.05) is 0 Å². The zero-order chi connectivity index (χ0) is 12.4. The van der Waals surface area contributed by atoms with Crippen LogP contribution in [-0.2, 0) is 7.05 Å². The largest absolute Gasteiger partial charge is 0.494 e. The van der Waals surface area contributed by atoms with Crippen LogP contribution in [-0.4, -0.2) is 22.0 Å². The Kier molecular flexibility index (Phi) is 3.10. The lowest BCUT2D eigenvalue weighted by Crippen LogP contribution is -2.02. The molecule has 1 atom stereocenters. The molecule has 0 aliphatic heterocycles. The lowest BCUT2D eigenvalue weighted by Gasteiger charge is -2.10. The van der Waals surface area contributed by atoms with E-state index in [0.717, 1.165) is 0 Å². The number of aromatic nitrogens is 2. The molecule has 2 aromatic rings. The van der Waals surface area contributed by atoms with E-state index in [0.29, 0.717) is 11.3 Å². The molecule has 0 aliphatic carbocycles. The fourth-order valence-electron chi connectivity index (χ4n) is 1.60. The molecule has 0 amide bonds. The normalized spacial score (nSPS) is 12.5. The second-order valence-corrected chi connectivity index (χ2v) is 3.71. The molecule has 1 N–H and O–H groups in total. The maximum Gasteiger partial charge on any atom is 0.165 e. The summed E-state index contributed by atoms with van der Waals surface area (Å²) in [6, 6.07) is 5.95. The van der Waals surface area contributed by atoms with E-state index in [1.54, 1.807) is 24.0 Å². The molecule has 0 aliphatic rings. The molecule has 0 saturated heterocycles. The number of hydrogen-bond donors (Lipinski definition) is 1. The number of aryl methyl sites for hydroxylation is 1. The van der Waals surface area contributed by atoms with E-state index in [-0.39, 0.29) is 5.75 Å². The number of halogens is 1. The van der Waals surface area contributed by atoms with Gasteiger partial charge in [-0.3, -0.25) is 4.68 Å². The van der Waals surface area contributed by atoms with Crippen LogP contribution in [0.15, 0.2) is 30.5 Å². The monoisotopic (exact) mass is 236 g/mol. The summed E-state index contributed by atoms with van der Waals surface area (Å²) in [7, 11) is 3.15. The molecule has 1 aromatic heterocycles. The zero-order valence-electron chi connectivity index (χ0n) is 9.59. The first-order chi connectivity index (χ1) is 8.11. The van der Waals surface area contributed by atoms with Gasteiger partial charge in [-0.2, -0.15) is 5.10 Å². The van der Waals surface area contributed by atoms with Gasteiger partial charge in [0.05, 0.1) is 12.8 Å². The highest BCUT2D eigenvalue weighted by Crippen LogP contribution is 2.25. The molecule has 5 heteroatoms. The van der Waals surface area contributed by atoms with Gasteiger partial charge in [0.1, 0.15) is 6.10 Å². The van der Waals surface area contributed by atoms with Crippen molar-refractivity contribution in [1.29, 1.82) is 0 Å². The Morgan fingerprint density at radius 3 is 2.76 bits per heavy atom. The molecule has 0 radical (unpaired) electrons. The van der Waals surface area contributed by atoms with Crippen LogP contribution in [0.4, 0.5) is 4.39 Å². The molecule has 1 heterocycles. The van der Waals surface area contributed by atoms with Crippen LogP contribution in [0.3, 0.4) is 0 Å². The standard InChI is InChI=1S/C12H13FN2O2/c1-15-6-5-10(14-15)12(16)8-3-4-9(13)11(7-8)17-2/h3-7,12,16H,1-2H3. The van der Waals surface area contributed by atoms with Gasteiger partial charge >= 0.3 is 0 Å². The minimum atomic E-state index is -0.884. The maximum absolute atomic E-state index is 13.2. The Balaban J connectivity index is 2.34. The number of benzene rings is 1. The summed E-state index contributed by atoms with van der Waals surface area (Å²) < 4.78 is 19.7. The van der Waals surface area contributed by atoms with Crippen molar-refractivity contribution in [2.75, 3.05) is 7.11 Å². The van der Waals surface area contributed by atoms with Gasteiger partial charge in [0, 0.05) is 13.2 Å². The number of methoxy groups -OCH3 is 1. The second kappa shape index (κ2) is 4.55. The van der Waals surface area contributed by atoms with Crippen molar-refractivity contribution >= 4 is 0 Å². The van der Waals surface area contributed by atoms with Crippen LogP contribution in [0.25, 0.3) is 0 Å². The van der Waals surface area contributed by atoms with E-state index in [2.05, 4.69) is 5.10 Å². The van der Waals surface area contributed by atoms with Crippen molar-refractivity contribution in [3.05, 3.63) is 47.5 Å². The molecule has 4 nitrogen and oxygen atoms in total. The summed E-state index contributed by atoms with van der Waals surface area (Å²) in [6.07, 6.45) is 0.852. The SMILES string of the molecule is COc1cc(C(O)c2ccn(C)n2)ccc1F. The van der Waals surface area contributed by atoms with E-state index in [1.165, 1.54) is 25.3 Å². The summed E-state index contributed by atoms with van der Waals surface area (Å²) in [5.41, 5.74) is 1.06. The Morgan fingerprint density at radius 1 is 1.41 bits per heavy atom. The minimum Gasteiger partial charge on any atom is -0.494 e. The van der Waals surface area contributed by atoms with E-state index in [9.17, 15) is 9.50 Å². The van der Waals surface area contributed by atoms with E-state index >= 15 is 0 Å². The third kappa shape index (κ3) is 2.29. The summed E-state index contributed by atoms with van der Waals surface area (Å²) in [5.74, 6) is -0.345. The number of rotatable bonds is 3. The van der Waals surface area contributed by atoms with E-state index < -0.39 is 11.9 Å².